The molecule has 140 valence electrons. The van der Waals surface area contributed by atoms with E-state index in [9.17, 15) is 4.79 Å². The summed E-state index contributed by atoms with van der Waals surface area (Å²) in [4.78, 5) is 12.0. The molecule has 0 N–H and O–H groups in total. The molecular weight excluding hydrogens is 429 g/mol. The maximum absolute atomic E-state index is 12.0. The van der Waals surface area contributed by atoms with Crippen molar-refractivity contribution in [3.05, 3.63) is 29.8 Å². The molecule has 2 aliphatic heterocycles. The number of hydrogen-bond donors (Lipinski definition) is 0. The van der Waals surface area contributed by atoms with E-state index >= 15 is 0 Å². The Morgan fingerprint density at radius 2 is 2.00 bits per heavy atom. The number of halogens is 1. The number of nitrogens with zero attached hydrogens (tertiary/aromatic N) is 1. The first-order valence-electron chi connectivity index (χ1n) is 9.26. The zero-order valence-electron chi connectivity index (χ0n) is 15.4. The summed E-state index contributed by atoms with van der Waals surface area (Å²) in [5.74, 6) is 0.972. The third-order valence-corrected chi connectivity index (χ3v) is 5.81. The van der Waals surface area contributed by atoms with Crippen molar-refractivity contribution in [1.82, 2.24) is 0 Å². The van der Waals surface area contributed by atoms with Crippen molar-refractivity contribution < 1.29 is 42.7 Å². The minimum Gasteiger partial charge on any atom is -1.00 e. The number of aryl methyl sites for hydroxylation is 1. The number of esters is 1. The van der Waals surface area contributed by atoms with Gasteiger partial charge >= 0.3 is 5.97 Å². The van der Waals surface area contributed by atoms with Gasteiger partial charge < -0.3 is 37.9 Å². The Bertz CT molecular complexity index is 576. The lowest BCUT2D eigenvalue weighted by Crippen LogP contribution is -3.00. The number of rotatable bonds is 5. The standard InChI is InChI=1S/C20H30NO3.HI/c1-16-7-5-9-18(13-16)23-15-20(22)24-14-17-8-6-12-21(2)11-4-3-10-19(17)21;/h5,7,9,13,17,19H,3-4,6,8,10-12,14-15H2,1-2H3;1H/q+1;/p-1/t17-,19+,21?;/m1./s1. The van der Waals surface area contributed by atoms with Crippen LogP contribution in [0.1, 0.15) is 37.7 Å². The number of hydrogen-bond acceptors (Lipinski definition) is 3. The van der Waals surface area contributed by atoms with E-state index in [4.69, 9.17) is 9.47 Å². The van der Waals surface area contributed by atoms with Gasteiger partial charge in [-0.1, -0.05) is 12.1 Å². The Kier molecular flexibility index (Phi) is 7.55. The third-order valence-electron chi connectivity index (χ3n) is 5.81. The van der Waals surface area contributed by atoms with E-state index in [1.165, 1.54) is 49.7 Å². The minimum atomic E-state index is -0.257. The number of carbonyl (C=O) groups is 1. The van der Waals surface area contributed by atoms with Gasteiger partial charge in [0.25, 0.3) is 0 Å². The number of quaternary nitrogens is 1. The largest absolute Gasteiger partial charge is 1.00 e. The van der Waals surface area contributed by atoms with Crippen LogP contribution in [0.5, 0.6) is 5.75 Å². The summed E-state index contributed by atoms with van der Waals surface area (Å²) in [6.07, 6.45) is 6.36. The summed E-state index contributed by atoms with van der Waals surface area (Å²) < 4.78 is 12.3. The average molecular weight is 459 g/mol. The third kappa shape index (κ3) is 5.33. The molecule has 2 fully saturated rings. The molecule has 5 heteroatoms. The van der Waals surface area contributed by atoms with E-state index in [0.717, 1.165) is 11.3 Å². The zero-order valence-corrected chi connectivity index (χ0v) is 17.5. The Morgan fingerprint density at radius 3 is 2.80 bits per heavy atom. The summed E-state index contributed by atoms with van der Waals surface area (Å²) in [5.41, 5.74) is 1.12. The second kappa shape index (κ2) is 9.21. The molecule has 2 aliphatic rings. The Labute approximate surface area is 168 Å². The van der Waals surface area contributed by atoms with Crippen LogP contribution < -0.4 is 28.7 Å². The van der Waals surface area contributed by atoms with E-state index in [1.807, 2.05) is 31.2 Å². The van der Waals surface area contributed by atoms with Gasteiger partial charge in [0.1, 0.15) is 5.75 Å². The molecule has 0 radical (unpaired) electrons. The van der Waals surface area contributed by atoms with Gasteiger partial charge in [-0.2, -0.15) is 0 Å². The monoisotopic (exact) mass is 459 g/mol. The highest BCUT2D eigenvalue weighted by molar-refractivity contribution is 5.71. The normalized spacial score (nSPS) is 28.4. The van der Waals surface area contributed by atoms with Gasteiger partial charge in [0, 0.05) is 12.3 Å². The summed E-state index contributed by atoms with van der Waals surface area (Å²) in [6, 6.07) is 8.40. The van der Waals surface area contributed by atoms with E-state index in [-0.39, 0.29) is 36.6 Å². The fourth-order valence-corrected chi connectivity index (χ4v) is 4.52. The van der Waals surface area contributed by atoms with Crippen molar-refractivity contribution in [2.75, 3.05) is 33.4 Å². The van der Waals surface area contributed by atoms with Gasteiger partial charge in [0.2, 0.25) is 0 Å². The van der Waals surface area contributed by atoms with Gasteiger partial charge in [0.15, 0.2) is 6.61 Å². The highest BCUT2D eigenvalue weighted by atomic mass is 127. The lowest BCUT2D eigenvalue weighted by atomic mass is 9.82. The number of benzene rings is 1. The maximum atomic E-state index is 12.0. The van der Waals surface area contributed by atoms with Crippen LogP contribution in [0.25, 0.3) is 0 Å². The SMILES string of the molecule is Cc1cccc(OCC(=O)OC[C@H]2CCC[N+]3(C)CCCC[C@@H]23)c1.[I-]. The molecule has 1 aromatic carbocycles. The minimum absolute atomic E-state index is 0. The lowest BCUT2D eigenvalue weighted by molar-refractivity contribution is -0.947. The van der Waals surface area contributed by atoms with Crippen LogP contribution in [0.3, 0.4) is 0 Å². The van der Waals surface area contributed by atoms with Crippen molar-refractivity contribution in [3.63, 3.8) is 0 Å². The molecule has 0 bridgehead atoms. The molecule has 0 amide bonds. The molecule has 2 heterocycles. The first-order valence-corrected chi connectivity index (χ1v) is 9.26. The van der Waals surface area contributed by atoms with Crippen LogP contribution in [0.4, 0.5) is 0 Å². The second-order valence-electron chi connectivity index (χ2n) is 7.68. The van der Waals surface area contributed by atoms with E-state index in [2.05, 4.69) is 7.05 Å². The Hall–Kier alpha value is -0.820. The second-order valence-corrected chi connectivity index (χ2v) is 7.68. The molecule has 0 spiro atoms. The molecule has 1 unspecified atom stereocenters. The first-order chi connectivity index (χ1) is 11.6. The van der Waals surface area contributed by atoms with Gasteiger partial charge in [0.05, 0.1) is 32.8 Å². The van der Waals surface area contributed by atoms with Gasteiger partial charge in [-0.15, -0.1) is 0 Å². The van der Waals surface area contributed by atoms with Crippen molar-refractivity contribution in [3.8, 4) is 5.75 Å². The fourth-order valence-electron chi connectivity index (χ4n) is 4.52. The lowest BCUT2D eigenvalue weighted by Gasteiger charge is -2.51. The van der Waals surface area contributed by atoms with Gasteiger partial charge in [-0.05, 0) is 50.3 Å². The van der Waals surface area contributed by atoms with E-state index in [1.54, 1.807) is 0 Å². The Morgan fingerprint density at radius 1 is 1.20 bits per heavy atom. The summed E-state index contributed by atoms with van der Waals surface area (Å²) >= 11 is 0. The molecule has 0 aliphatic carbocycles. The molecule has 3 rings (SSSR count). The number of carbonyl (C=O) groups excluding carboxylic acids is 1. The van der Waals surface area contributed by atoms with Crippen molar-refractivity contribution in [2.24, 2.45) is 5.92 Å². The summed E-state index contributed by atoms with van der Waals surface area (Å²) in [6.45, 7) is 5.12. The zero-order chi connectivity index (χ0) is 17.0. The molecule has 3 atom stereocenters. The summed E-state index contributed by atoms with van der Waals surface area (Å²) in [7, 11) is 2.39. The predicted molar refractivity (Wildman–Crippen MR) is 93.9 cm³/mol. The summed E-state index contributed by atoms with van der Waals surface area (Å²) in [5, 5.41) is 0. The van der Waals surface area contributed by atoms with Crippen LogP contribution >= 0.6 is 0 Å². The smallest absolute Gasteiger partial charge is 0.344 e. The number of fused-ring (bicyclic) bond motifs is 1. The molecule has 1 aromatic rings. The van der Waals surface area contributed by atoms with Crippen LogP contribution in [0.15, 0.2) is 24.3 Å². The van der Waals surface area contributed by atoms with Crippen LogP contribution in [-0.4, -0.2) is 49.8 Å². The average Bonchev–Trinajstić information content (AvgIpc) is 2.57. The van der Waals surface area contributed by atoms with Crippen molar-refractivity contribution in [1.29, 1.82) is 0 Å². The van der Waals surface area contributed by atoms with E-state index < -0.39 is 0 Å². The van der Waals surface area contributed by atoms with E-state index in [0.29, 0.717) is 18.6 Å². The molecule has 0 saturated carbocycles. The molecule has 4 nitrogen and oxygen atoms in total. The quantitative estimate of drug-likeness (QED) is 0.362. The topological polar surface area (TPSA) is 35.5 Å². The van der Waals surface area contributed by atoms with Crippen LogP contribution in [0.2, 0.25) is 0 Å². The number of ether oxygens (including phenoxy) is 2. The number of piperidine rings is 2. The van der Waals surface area contributed by atoms with Crippen molar-refractivity contribution in [2.45, 2.75) is 45.1 Å². The predicted octanol–water partition coefficient (Wildman–Crippen LogP) is 0.330. The fraction of sp³-hybridized carbons (Fsp3) is 0.650. The maximum Gasteiger partial charge on any atom is 0.344 e. The van der Waals surface area contributed by atoms with Crippen molar-refractivity contribution >= 4 is 5.97 Å². The molecule has 25 heavy (non-hydrogen) atoms. The highest BCUT2D eigenvalue weighted by Crippen LogP contribution is 2.36. The van der Waals surface area contributed by atoms with Crippen LogP contribution in [-0.2, 0) is 9.53 Å². The Balaban J connectivity index is 0.00000225. The van der Waals surface area contributed by atoms with Gasteiger partial charge in [-0.3, -0.25) is 0 Å². The molecule has 2 saturated heterocycles. The molecule has 0 aromatic heterocycles. The molecular formula is C20H30INO3. The first kappa shape index (κ1) is 20.5. The van der Waals surface area contributed by atoms with Crippen LogP contribution in [0, 0.1) is 12.8 Å². The van der Waals surface area contributed by atoms with Gasteiger partial charge in [-0.25, -0.2) is 4.79 Å². The highest BCUT2D eigenvalue weighted by Gasteiger charge is 2.43.